The highest BCUT2D eigenvalue weighted by Crippen LogP contribution is 2.06. The normalized spacial score (nSPS) is 13.0. The number of nitrogens with two attached hydrogens (primary N) is 1. The number of hydrogen-bond donors (Lipinski definition) is 3. The van der Waals surface area contributed by atoms with E-state index in [0.717, 1.165) is 5.56 Å². The van der Waals surface area contributed by atoms with Crippen LogP contribution >= 0.6 is 0 Å². The maximum atomic E-state index is 12.0. The van der Waals surface area contributed by atoms with Crippen molar-refractivity contribution in [2.24, 2.45) is 5.73 Å². The zero-order valence-corrected chi connectivity index (χ0v) is 13.0. The fourth-order valence-electron chi connectivity index (χ4n) is 1.96. The van der Waals surface area contributed by atoms with Gasteiger partial charge in [0.2, 0.25) is 5.91 Å². The van der Waals surface area contributed by atoms with E-state index in [9.17, 15) is 14.4 Å². The second kappa shape index (κ2) is 9.58. The third kappa shape index (κ3) is 6.92. The molecule has 1 amide bonds. The fraction of sp³-hybridized carbons (Fsp3) is 0.438. The van der Waals surface area contributed by atoms with Gasteiger partial charge in [-0.05, 0) is 18.9 Å². The molecule has 0 spiro atoms. The highest BCUT2D eigenvalue weighted by Gasteiger charge is 2.23. The highest BCUT2D eigenvalue weighted by atomic mass is 16.5. The van der Waals surface area contributed by atoms with E-state index in [1.54, 1.807) is 6.92 Å². The summed E-state index contributed by atoms with van der Waals surface area (Å²) in [7, 11) is 0. The molecule has 126 valence electrons. The van der Waals surface area contributed by atoms with Crippen LogP contribution in [-0.2, 0) is 25.5 Å². The lowest BCUT2D eigenvalue weighted by atomic mass is 10.1. The Bertz CT molecular complexity index is 533. The number of rotatable bonds is 9. The molecule has 23 heavy (non-hydrogen) atoms. The summed E-state index contributed by atoms with van der Waals surface area (Å²) < 4.78 is 4.97. The molecule has 0 bridgehead atoms. The van der Waals surface area contributed by atoms with E-state index in [4.69, 9.17) is 15.6 Å². The van der Waals surface area contributed by atoms with Gasteiger partial charge in [0.05, 0.1) is 6.61 Å². The van der Waals surface area contributed by atoms with Gasteiger partial charge in [0.15, 0.2) is 0 Å². The number of ether oxygens (including phenoxy) is 1. The number of nitrogens with one attached hydrogen (secondary N) is 1. The quantitative estimate of drug-likeness (QED) is 0.569. The average molecular weight is 322 g/mol. The van der Waals surface area contributed by atoms with Crippen molar-refractivity contribution >= 4 is 17.8 Å². The Hall–Kier alpha value is -2.41. The SMILES string of the molecule is CCOC(=O)[C@H](Cc1ccccc1)NC(=O)CC[C@H](N)C(=O)O. The largest absolute Gasteiger partial charge is 0.480 e. The molecule has 4 N–H and O–H groups in total. The smallest absolute Gasteiger partial charge is 0.328 e. The molecule has 0 unspecified atom stereocenters. The number of amides is 1. The van der Waals surface area contributed by atoms with Crippen LogP contribution in [0.15, 0.2) is 30.3 Å². The molecule has 7 nitrogen and oxygen atoms in total. The van der Waals surface area contributed by atoms with Crippen LogP contribution in [0.2, 0.25) is 0 Å². The molecule has 0 saturated heterocycles. The monoisotopic (exact) mass is 322 g/mol. The maximum absolute atomic E-state index is 12.0. The minimum atomic E-state index is -1.16. The van der Waals surface area contributed by atoms with E-state index < -0.39 is 29.9 Å². The molecule has 0 fully saturated rings. The molecule has 1 aromatic carbocycles. The van der Waals surface area contributed by atoms with Crippen molar-refractivity contribution in [3.8, 4) is 0 Å². The summed E-state index contributed by atoms with van der Waals surface area (Å²) in [4.78, 5) is 34.5. The van der Waals surface area contributed by atoms with Gasteiger partial charge in [-0.1, -0.05) is 30.3 Å². The van der Waals surface area contributed by atoms with Crippen LogP contribution in [0, 0.1) is 0 Å². The highest BCUT2D eigenvalue weighted by molar-refractivity contribution is 5.85. The van der Waals surface area contributed by atoms with E-state index in [2.05, 4.69) is 5.32 Å². The van der Waals surface area contributed by atoms with Gasteiger partial charge in [-0.2, -0.15) is 0 Å². The molecule has 0 aliphatic heterocycles. The Morgan fingerprint density at radius 2 is 1.91 bits per heavy atom. The lowest BCUT2D eigenvalue weighted by Gasteiger charge is -2.17. The molecule has 0 aliphatic carbocycles. The van der Waals surface area contributed by atoms with Crippen LogP contribution in [0.4, 0.5) is 0 Å². The van der Waals surface area contributed by atoms with Gasteiger partial charge in [-0.15, -0.1) is 0 Å². The standard InChI is InChI=1S/C16H22N2O5/c1-2-23-16(22)13(10-11-6-4-3-5-7-11)18-14(19)9-8-12(17)15(20)21/h3-7,12-13H,2,8-10,17H2,1H3,(H,18,19)(H,20,21)/t12-,13-/m0/s1. The minimum Gasteiger partial charge on any atom is -0.480 e. The van der Waals surface area contributed by atoms with Crippen LogP contribution in [0.3, 0.4) is 0 Å². The Balaban J connectivity index is 2.63. The van der Waals surface area contributed by atoms with Crippen molar-refractivity contribution in [2.75, 3.05) is 6.61 Å². The van der Waals surface area contributed by atoms with Crippen molar-refractivity contribution in [3.63, 3.8) is 0 Å². The zero-order chi connectivity index (χ0) is 17.2. The number of carboxylic acids is 1. The van der Waals surface area contributed by atoms with Crippen molar-refractivity contribution in [1.29, 1.82) is 0 Å². The molecule has 7 heteroatoms. The zero-order valence-electron chi connectivity index (χ0n) is 13.0. The number of carbonyl (C=O) groups is 3. The van der Waals surface area contributed by atoms with Crippen molar-refractivity contribution in [2.45, 2.75) is 38.3 Å². The molecule has 0 heterocycles. The van der Waals surface area contributed by atoms with Crippen LogP contribution in [-0.4, -0.2) is 41.6 Å². The number of aliphatic carboxylic acids is 1. The summed E-state index contributed by atoms with van der Waals surface area (Å²) in [6.45, 7) is 1.90. The van der Waals surface area contributed by atoms with Crippen molar-refractivity contribution in [3.05, 3.63) is 35.9 Å². The van der Waals surface area contributed by atoms with Gasteiger partial charge in [0.25, 0.3) is 0 Å². The van der Waals surface area contributed by atoms with Crippen LogP contribution in [0.1, 0.15) is 25.3 Å². The molecule has 0 saturated carbocycles. The second-order valence-corrected chi connectivity index (χ2v) is 5.05. The van der Waals surface area contributed by atoms with Gasteiger partial charge in [0.1, 0.15) is 12.1 Å². The average Bonchev–Trinajstić information content (AvgIpc) is 2.53. The van der Waals surface area contributed by atoms with Crippen LogP contribution in [0.5, 0.6) is 0 Å². The molecule has 0 aromatic heterocycles. The molecule has 2 atom stereocenters. The molecular formula is C16H22N2O5. The first kappa shape index (κ1) is 18.6. The number of esters is 1. The molecule has 1 aromatic rings. The van der Waals surface area contributed by atoms with E-state index in [0.29, 0.717) is 6.42 Å². The summed E-state index contributed by atoms with van der Waals surface area (Å²) in [6, 6.07) is 7.31. The molecule has 1 rings (SSSR count). The lowest BCUT2D eigenvalue weighted by Crippen LogP contribution is -2.44. The first-order chi connectivity index (χ1) is 10.9. The van der Waals surface area contributed by atoms with Gasteiger partial charge in [0, 0.05) is 12.8 Å². The van der Waals surface area contributed by atoms with Gasteiger partial charge in [-0.3, -0.25) is 9.59 Å². The minimum absolute atomic E-state index is 0.00203. The van der Waals surface area contributed by atoms with Gasteiger partial charge in [-0.25, -0.2) is 4.79 Å². The Morgan fingerprint density at radius 1 is 1.26 bits per heavy atom. The van der Waals surface area contributed by atoms with E-state index in [1.165, 1.54) is 0 Å². The fourth-order valence-corrected chi connectivity index (χ4v) is 1.96. The molecule has 0 radical (unpaired) electrons. The predicted octanol–water partition coefficient (Wildman–Crippen LogP) is 0.469. The summed E-state index contributed by atoms with van der Waals surface area (Å²) in [5, 5.41) is 11.3. The lowest BCUT2D eigenvalue weighted by molar-refractivity contribution is -0.147. The third-order valence-corrected chi connectivity index (χ3v) is 3.19. The molecular weight excluding hydrogens is 300 g/mol. The predicted molar refractivity (Wildman–Crippen MR) is 83.6 cm³/mol. The van der Waals surface area contributed by atoms with E-state index in [-0.39, 0.29) is 19.4 Å². The Morgan fingerprint density at radius 3 is 2.48 bits per heavy atom. The first-order valence-electron chi connectivity index (χ1n) is 7.42. The second-order valence-electron chi connectivity index (χ2n) is 5.05. The van der Waals surface area contributed by atoms with Crippen molar-refractivity contribution in [1.82, 2.24) is 5.32 Å². The Kier molecular flexibility index (Phi) is 7.76. The van der Waals surface area contributed by atoms with E-state index in [1.807, 2.05) is 30.3 Å². The van der Waals surface area contributed by atoms with Crippen LogP contribution < -0.4 is 11.1 Å². The number of hydrogen-bond acceptors (Lipinski definition) is 5. The summed E-state index contributed by atoms with van der Waals surface area (Å²) in [5.74, 6) is -2.12. The molecule has 0 aliphatic rings. The summed E-state index contributed by atoms with van der Waals surface area (Å²) >= 11 is 0. The summed E-state index contributed by atoms with van der Waals surface area (Å²) in [6.07, 6.45) is 0.233. The maximum Gasteiger partial charge on any atom is 0.328 e. The Labute approximate surface area is 134 Å². The number of carbonyl (C=O) groups excluding carboxylic acids is 2. The van der Waals surface area contributed by atoms with Gasteiger partial charge >= 0.3 is 11.9 Å². The topological polar surface area (TPSA) is 119 Å². The van der Waals surface area contributed by atoms with Crippen molar-refractivity contribution < 1.29 is 24.2 Å². The summed E-state index contributed by atoms with van der Waals surface area (Å²) in [5.41, 5.74) is 6.24. The van der Waals surface area contributed by atoms with Crippen LogP contribution in [0.25, 0.3) is 0 Å². The first-order valence-corrected chi connectivity index (χ1v) is 7.42. The number of carboxylic acid groups (broad SMARTS) is 1. The third-order valence-electron chi connectivity index (χ3n) is 3.19. The van der Waals surface area contributed by atoms with Gasteiger partial charge < -0.3 is 20.9 Å². The number of benzene rings is 1. The van der Waals surface area contributed by atoms with E-state index >= 15 is 0 Å².